The summed E-state index contributed by atoms with van der Waals surface area (Å²) in [5.74, 6) is 0.0795. The minimum Gasteiger partial charge on any atom is -0.311 e. The van der Waals surface area contributed by atoms with Crippen LogP contribution in [0.2, 0.25) is 0 Å². The average Bonchev–Trinajstić information content (AvgIpc) is 3.42. The molecule has 1 atom stereocenters. The second kappa shape index (κ2) is 8.07. The molecule has 0 bridgehead atoms. The van der Waals surface area contributed by atoms with Crippen molar-refractivity contribution in [2.45, 2.75) is 30.3 Å². The number of sulfonamides is 1. The SMILES string of the molecule is O=C1[C@@H](N2CCc3ccccc3C2)CCN1c1ccc(S(=O)(=O)Nc2nccs2)cc1.[HH].[HH]. The second-order valence-corrected chi connectivity index (χ2v) is 10.3. The maximum atomic E-state index is 13.2. The first kappa shape index (κ1) is 20.2. The average molecular weight is 459 g/mol. The van der Waals surface area contributed by atoms with Crippen LogP contribution in [0, 0.1) is 0 Å². The Balaban J connectivity index is 0.00000153. The zero-order chi connectivity index (χ0) is 21.4. The maximum Gasteiger partial charge on any atom is 0.263 e. The smallest absolute Gasteiger partial charge is 0.263 e. The Labute approximate surface area is 188 Å². The largest absolute Gasteiger partial charge is 0.311 e. The van der Waals surface area contributed by atoms with Crippen molar-refractivity contribution >= 4 is 38.1 Å². The third kappa shape index (κ3) is 3.96. The van der Waals surface area contributed by atoms with Gasteiger partial charge >= 0.3 is 0 Å². The van der Waals surface area contributed by atoms with Crippen molar-refractivity contribution in [1.29, 1.82) is 0 Å². The zero-order valence-corrected chi connectivity index (χ0v) is 18.4. The van der Waals surface area contributed by atoms with Gasteiger partial charge in [-0.05, 0) is 48.2 Å². The Hall–Kier alpha value is -2.75. The highest BCUT2D eigenvalue weighted by molar-refractivity contribution is 7.93. The lowest BCUT2D eigenvalue weighted by Crippen LogP contribution is -2.44. The van der Waals surface area contributed by atoms with E-state index in [0.29, 0.717) is 11.7 Å². The Morgan fingerprint density at radius 2 is 1.84 bits per heavy atom. The van der Waals surface area contributed by atoms with Crippen LogP contribution in [0.1, 0.15) is 20.4 Å². The fourth-order valence-electron chi connectivity index (χ4n) is 4.30. The van der Waals surface area contributed by atoms with Gasteiger partial charge in [-0.1, -0.05) is 24.3 Å². The van der Waals surface area contributed by atoms with Crippen molar-refractivity contribution in [3.63, 3.8) is 0 Å². The lowest BCUT2D eigenvalue weighted by molar-refractivity contribution is -0.122. The number of nitrogens with zero attached hydrogens (tertiary/aromatic N) is 3. The van der Waals surface area contributed by atoms with Gasteiger partial charge in [-0.15, -0.1) is 11.3 Å². The maximum absolute atomic E-state index is 13.2. The highest BCUT2D eigenvalue weighted by Crippen LogP contribution is 2.29. The van der Waals surface area contributed by atoms with Crippen LogP contribution in [0.5, 0.6) is 0 Å². The van der Waals surface area contributed by atoms with Crippen LogP contribution in [0.4, 0.5) is 10.8 Å². The molecular weight excluding hydrogens is 432 g/mol. The molecule has 164 valence electrons. The second-order valence-electron chi connectivity index (χ2n) is 7.72. The van der Waals surface area contributed by atoms with Crippen LogP contribution in [0.15, 0.2) is 65.0 Å². The molecule has 1 fully saturated rings. The molecular formula is C22H26N4O3S2. The number of amides is 1. The number of thiazole rings is 1. The van der Waals surface area contributed by atoms with E-state index in [0.717, 1.165) is 31.6 Å². The van der Waals surface area contributed by atoms with Crippen molar-refractivity contribution in [2.24, 2.45) is 0 Å². The molecule has 0 radical (unpaired) electrons. The number of anilines is 2. The van der Waals surface area contributed by atoms with Crippen LogP contribution in [-0.4, -0.2) is 43.3 Å². The van der Waals surface area contributed by atoms with Gasteiger partial charge in [-0.3, -0.25) is 14.4 Å². The third-order valence-electron chi connectivity index (χ3n) is 5.89. The number of rotatable bonds is 5. The normalized spacial score (nSPS) is 19.4. The molecule has 1 amide bonds. The molecule has 1 N–H and O–H groups in total. The van der Waals surface area contributed by atoms with Gasteiger partial charge in [0.05, 0.1) is 10.9 Å². The summed E-state index contributed by atoms with van der Waals surface area (Å²) in [6.45, 7) is 2.30. The predicted octanol–water partition coefficient (Wildman–Crippen LogP) is 3.60. The third-order valence-corrected chi connectivity index (χ3v) is 8.06. The molecule has 3 heterocycles. The molecule has 1 saturated heterocycles. The van der Waals surface area contributed by atoms with E-state index in [2.05, 4.69) is 32.8 Å². The van der Waals surface area contributed by atoms with Gasteiger partial charge in [0.2, 0.25) is 5.91 Å². The number of fused-ring (bicyclic) bond motifs is 1. The summed E-state index contributed by atoms with van der Waals surface area (Å²) in [4.78, 5) is 21.3. The van der Waals surface area contributed by atoms with E-state index in [1.165, 1.54) is 34.6 Å². The first-order chi connectivity index (χ1) is 15.0. The van der Waals surface area contributed by atoms with Crippen molar-refractivity contribution in [2.75, 3.05) is 22.7 Å². The van der Waals surface area contributed by atoms with E-state index in [4.69, 9.17) is 0 Å². The van der Waals surface area contributed by atoms with Gasteiger partial charge in [-0.25, -0.2) is 13.4 Å². The molecule has 7 nitrogen and oxygen atoms in total. The molecule has 0 spiro atoms. The minimum absolute atomic E-state index is 0. The number of carbonyl (C=O) groups excluding carboxylic acids is 1. The molecule has 0 saturated carbocycles. The summed E-state index contributed by atoms with van der Waals surface area (Å²) in [5.41, 5.74) is 3.38. The first-order valence-electron chi connectivity index (χ1n) is 10.2. The summed E-state index contributed by atoms with van der Waals surface area (Å²) >= 11 is 1.22. The van der Waals surface area contributed by atoms with Crippen LogP contribution >= 0.6 is 11.3 Å². The molecule has 2 aliphatic heterocycles. The highest BCUT2D eigenvalue weighted by atomic mass is 32.2. The summed E-state index contributed by atoms with van der Waals surface area (Å²) < 4.78 is 27.5. The minimum atomic E-state index is -3.71. The highest BCUT2D eigenvalue weighted by Gasteiger charge is 2.37. The molecule has 2 aliphatic rings. The van der Waals surface area contributed by atoms with E-state index in [1.807, 2.05) is 6.07 Å². The summed E-state index contributed by atoms with van der Waals surface area (Å²) in [5, 5.41) is 2.03. The molecule has 0 unspecified atom stereocenters. The van der Waals surface area contributed by atoms with Crippen LogP contribution in [-0.2, 0) is 27.8 Å². The number of aromatic nitrogens is 1. The van der Waals surface area contributed by atoms with Crippen molar-refractivity contribution in [3.8, 4) is 0 Å². The fraction of sp³-hybridized carbons (Fsp3) is 0.273. The lowest BCUT2D eigenvalue weighted by atomic mass is 9.98. The molecule has 1 aromatic heterocycles. The fourth-order valence-corrected chi connectivity index (χ4v) is 6.09. The standard InChI is InChI=1S/C22H22N4O3S2.2H2/c27-21-20(25-12-9-16-3-1-2-4-17(16)15-25)10-13-26(21)18-5-7-19(8-6-18)31(28,29)24-22-23-11-14-30-22;;/h1-8,11,14,20H,9-10,12-13,15H2,(H,23,24);2*1H/t20-;;/m0../s1. The summed E-state index contributed by atoms with van der Waals surface area (Å²) in [6, 6.07) is 14.7. The van der Waals surface area contributed by atoms with Gasteiger partial charge in [0.15, 0.2) is 5.13 Å². The van der Waals surface area contributed by atoms with Gasteiger partial charge in [0, 0.05) is 39.8 Å². The Morgan fingerprint density at radius 1 is 1.06 bits per heavy atom. The van der Waals surface area contributed by atoms with Crippen molar-refractivity contribution in [1.82, 2.24) is 9.88 Å². The number of benzene rings is 2. The van der Waals surface area contributed by atoms with Crippen LogP contribution in [0.3, 0.4) is 0 Å². The van der Waals surface area contributed by atoms with Crippen molar-refractivity contribution < 1.29 is 16.1 Å². The molecule has 3 aromatic rings. The Morgan fingerprint density at radius 3 is 2.58 bits per heavy atom. The lowest BCUT2D eigenvalue weighted by Gasteiger charge is -2.32. The molecule has 5 rings (SSSR count). The van der Waals surface area contributed by atoms with E-state index in [1.54, 1.807) is 28.6 Å². The quantitative estimate of drug-likeness (QED) is 0.632. The zero-order valence-electron chi connectivity index (χ0n) is 16.8. The summed E-state index contributed by atoms with van der Waals surface area (Å²) in [6.07, 6.45) is 3.27. The molecule has 31 heavy (non-hydrogen) atoms. The number of hydrogen-bond donors (Lipinski definition) is 1. The summed E-state index contributed by atoms with van der Waals surface area (Å²) in [7, 11) is -3.71. The number of carbonyl (C=O) groups is 1. The monoisotopic (exact) mass is 458 g/mol. The van der Waals surface area contributed by atoms with Crippen LogP contribution < -0.4 is 9.62 Å². The topological polar surface area (TPSA) is 82.6 Å². The molecule has 9 heteroatoms. The van der Waals surface area contributed by atoms with E-state index >= 15 is 0 Å². The van der Waals surface area contributed by atoms with E-state index in [9.17, 15) is 13.2 Å². The number of hydrogen-bond acceptors (Lipinski definition) is 6. The predicted molar refractivity (Wildman–Crippen MR) is 125 cm³/mol. The van der Waals surface area contributed by atoms with Gasteiger partial charge in [-0.2, -0.15) is 0 Å². The molecule has 0 aliphatic carbocycles. The number of nitrogens with one attached hydrogen (secondary N) is 1. The Kier molecular flexibility index (Phi) is 5.25. The van der Waals surface area contributed by atoms with Crippen LogP contribution in [0.25, 0.3) is 0 Å². The van der Waals surface area contributed by atoms with E-state index < -0.39 is 10.0 Å². The Bertz CT molecular complexity index is 1200. The van der Waals surface area contributed by atoms with Gasteiger partial charge in [0.1, 0.15) is 0 Å². The van der Waals surface area contributed by atoms with Gasteiger partial charge < -0.3 is 4.90 Å². The van der Waals surface area contributed by atoms with Gasteiger partial charge in [0.25, 0.3) is 10.0 Å². The van der Waals surface area contributed by atoms with E-state index in [-0.39, 0.29) is 19.7 Å². The molecule has 2 aromatic carbocycles. The first-order valence-corrected chi connectivity index (χ1v) is 12.5. The van der Waals surface area contributed by atoms with Crippen molar-refractivity contribution in [3.05, 3.63) is 71.2 Å².